The smallest absolute Gasteiger partial charge is 0.237 e. The third-order valence-electron chi connectivity index (χ3n) is 3.09. The SMILES string of the molecule is O=C(NCCc1ncno1)C1Cc2nc[nH]c2CN1. The van der Waals surface area contributed by atoms with Crippen LogP contribution < -0.4 is 10.6 Å². The number of aromatic nitrogens is 4. The normalized spacial score (nSPS) is 18.0. The molecule has 2 aromatic rings. The zero-order chi connectivity index (χ0) is 13.1. The van der Waals surface area contributed by atoms with E-state index in [2.05, 4.69) is 30.7 Å². The largest absolute Gasteiger partial charge is 0.354 e. The van der Waals surface area contributed by atoms with E-state index in [4.69, 9.17) is 4.52 Å². The molecule has 0 spiro atoms. The average molecular weight is 262 g/mol. The second-order valence-corrected chi connectivity index (χ2v) is 4.34. The van der Waals surface area contributed by atoms with Crippen molar-refractivity contribution < 1.29 is 9.32 Å². The molecule has 0 fully saturated rings. The summed E-state index contributed by atoms with van der Waals surface area (Å²) in [6.45, 7) is 1.11. The Morgan fingerprint density at radius 3 is 3.32 bits per heavy atom. The molecule has 0 saturated heterocycles. The van der Waals surface area contributed by atoms with Gasteiger partial charge in [-0.25, -0.2) is 4.98 Å². The van der Waals surface area contributed by atoms with Crippen molar-refractivity contribution in [2.75, 3.05) is 6.54 Å². The van der Waals surface area contributed by atoms with Crippen LogP contribution in [-0.2, 0) is 24.2 Å². The Morgan fingerprint density at radius 2 is 2.47 bits per heavy atom. The highest BCUT2D eigenvalue weighted by atomic mass is 16.5. The number of nitrogens with zero attached hydrogens (tertiary/aromatic N) is 3. The van der Waals surface area contributed by atoms with Crippen LogP contribution in [0.3, 0.4) is 0 Å². The molecule has 0 aliphatic carbocycles. The predicted molar refractivity (Wildman–Crippen MR) is 63.9 cm³/mol. The molecule has 0 bridgehead atoms. The highest BCUT2D eigenvalue weighted by molar-refractivity contribution is 5.82. The lowest BCUT2D eigenvalue weighted by Gasteiger charge is -2.22. The number of hydrogen-bond acceptors (Lipinski definition) is 6. The quantitative estimate of drug-likeness (QED) is 0.663. The number of hydrogen-bond donors (Lipinski definition) is 3. The van der Waals surface area contributed by atoms with Crippen LogP contribution in [0, 0.1) is 0 Å². The van der Waals surface area contributed by atoms with Crippen molar-refractivity contribution in [2.24, 2.45) is 0 Å². The van der Waals surface area contributed by atoms with Gasteiger partial charge in [-0.2, -0.15) is 4.98 Å². The fourth-order valence-corrected chi connectivity index (χ4v) is 2.08. The maximum atomic E-state index is 12.0. The van der Waals surface area contributed by atoms with Gasteiger partial charge in [0.15, 0.2) is 6.33 Å². The van der Waals surface area contributed by atoms with E-state index in [9.17, 15) is 4.79 Å². The van der Waals surface area contributed by atoms with E-state index in [1.165, 1.54) is 6.33 Å². The molecule has 1 unspecified atom stereocenters. The Morgan fingerprint density at radius 1 is 1.53 bits per heavy atom. The highest BCUT2D eigenvalue weighted by Gasteiger charge is 2.25. The monoisotopic (exact) mass is 262 g/mol. The topological polar surface area (TPSA) is 109 Å². The molecular formula is C11H14N6O2. The van der Waals surface area contributed by atoms with E-state index < -0.39 is 0 Å². The highest BCUT2D eigenvalue weighted by Crippen LogP contribution is 2.11. The summed E-state index contributed by atoms with van der Waals surface area (Å²) < 4.78 is 4.85. The zero-order valence-corrected chi connectivity index (χ0v) is 10.2. The molecule has 1 aliphatic rings. The number of rotatable bonds is 4. The van der Waals surface area contributed by atoms with Gasteiger partial charge in [0.1, 0.15) is 0 Å². The summed E-state index contributed by atoms with van der Waals surface area (Å²) in [6, 6.07) is -0.238. The summed E-state index contributed by atoms with van der Waals surface area (Å²) in [5, 5.41) is 9.52. The number of imidazole rings is 1. The van der Waals surface area contributed by atoms with Gasteiger partial charge in [0.05, 0.1) is 23.8 Å². The predicted octanol–water partition coefficient (Wildman–Crippen LogP) is -0.834. The van der Waals surface area contributed by atoms with Crippen LogP contribution in [0.2, 0.25) is 0 Å². The van der Waals surface area contributed by atoms with Gasteiger partial charge in [0.2, 0.25) is 11.8 Å². The number of nitrogens with one attached hydrogen (secondary N) is 3. The lowest BCUT2D eigenvalue weighted by atomic mass is 10.0. The minimum absolute atomic E-state index is 0.0341. The summed E-state index contributed by atoms with van der Waals surface area (Å²) in [7, 11) is 0. The molecule has 1 atom stereocenters. The Labute approximate surface area is 109 Å². The van der Waals surface area contributed by atoms with Crippen LogP contribution in [0.25, 0.3) is 0 Å². The first-order valence-electron chi connectivity index (χ1n) is 6.10. The molecule has 100 valence electrons. The summed E-state index contributed by atoms with van der Waals surface area (Å²) in [6.07, 6.45) is 4.14. The minimum Gasteiger partial charge on any atom is -0.354 e. The van der Waals surface area contributed by atoms with Crippen molar-refractivity contribution in [2.45, 2.75) is 25.4 Å². The van der Waals surface area contributed by atoms with Crippen molar-refractivity contribution in [1.82, 2.24) is 30.7 Å². The lowest BCUT2D eigenvalue weighted by molar-refractivity contribution is -0.123. The van der Waals surface area contributed by atoms with Crippen LogP contribution in [0.5, 0.6) is 0 Å². The van der Waals surface area contributed by atoms with Crippen molar-refractivity contribution in [3.05, 3.63) is 29.9 Å². The third kappa shape index (κ3) is 2.63. The molecule has 0 saturated carbocycles. The van der Waals surface area contributed by atoms with Gasteiger partial charge < -0.3 is 14.8 Å². The molecule has 3 rings (SSSR count). The van der Waals surface area contributed by atoms with Crippen LogP contribution in [0.15, 0.2) is 17.2 Å². The van der Waals surface area contributed by atoms with E-state index in [0.29, 0.717) is 31.8 Å². The molecule has 0 aromatic carbocycles. The number of carbonyl (C=O) groups is 1. The van der Waals surface area contributed by atoms with Crippen molar-refractivity contribution in [1.29, 1.82) is 0 Å². The third-order valence-corrected chi connectivity index (χ3v) is 3.09. The van der Waals surface area contributed by atoms with Gasteiger partial charge in [0.25, 0.3) is 0 Å². The van der Waals surface area contributed by atoms with Gasteiger partial charge in [-0.15, -0.1) is 0 Å². The molecule has 3 heterocycles. The molecule has 0 radical (unpaired) electrons. The second kappa shape index (κ2) is 5.19. The number of aromatic amines is 1. The Bertz CT molecular complexity index is 549. The zero-order valence-electron chi connectivity index (χ0n) is 10.2. The number of carbonyl (C=O) groups excluding carboxylic acids is 1. The van der Waals surface area contributed by atoms with Gasteiger partial charge in [0, 0.05) is 25.9 Å². The number of amides is 1. The molecular weight excluding hydrogens is 248 g/mol. The molecule has 3 N–H and O–H groups in total. The molecule has 1 aliphatic heterocycles. The van der Waals surface area contributed by atoms with E-state index in [1.807, 2.05) is 0 Å². The van der Waals surface area contributed by atoms with Crippen LogP contribution in [0.4, 0.5) is 0 Å². The summed E-state index contributed by atoms with van der Waals surface area (Å²) in [5.41, 5.74) is 2.01. The lowest BCUT2D eigenvalue weighted by Crippen LogP contribution is -2.48. The fourth-order valence-electron chi connectivity index (χ4n) is 2.08. The number of H-pyrrole nitrogens is 1. The summed E-state index contributed by atoms with van der Waals surface area (Å²) in [5.74, 6) is 0.486. The van der Waals surface area contributed by atoms with Crippen molar-refractivity contribution in [3.8, 4) is 0 Å². The van der Waals surface area contributed by atoms with E-state index in [0.717, 1.165) is 11.4 Å². The molecule has 1 amide bonds. The van der Waals surface area contributed by atoms with Gasteiger partial charge in [-0.1, -0.05) is 5.16 Å². The molecule has 2 aromatic heterocycles. The van der Waals surface area contributed by atoms with Crippen LogP contribution in [0.1, 0.15) is 17.3 Å². The molecule has 8 heteroatoms. The second-order valence-electron chi connectivity index (χ2n) is 4.34. The van der Waals surface area contributed by atoms with Gasteiger partial charge >= 0.3 is 0 Å². The first-order chi connectivity index (χ1) is 9.33. The van der Waals surface area contributed by atoms with Crippen LogP contribution >= 0.6 is 0 Å². The number of fused-ring (bicyclic) bond motifs is 1. The fraction of sp³-hybridized carbons (Fsp3) is 0.455. The van der Waals surface area contributed by atoms with E-state index in [-0.39, 0.29) is 11.9 Å². The van der Waals surface area contributed by atoms with Crippen molar-refractivity contribution >= 4 is 5.91 Å². The first kappa shape index (κ1) is 11.8. The Kier molecular flexibility index (Phi) is 3.23. The standard InChI is InChI=1S/C11H14N6O2/c18-11(12-2-1-10-16-6-17-19-10)8-3-7-9(4-13-8)15-5-14-7/h5-6,8,13H,1-4H2,(H,12,18)(H,14,15). The Hall–Kier alpha value is -2.22. The summed E-state index contributed by atoms with van der Waals surface area (Å²) in [4.78, 5) is 23.1. The average Bonchev–Trinajstić information content (AvgIpc) is 3.08. The maximum absolute atomic E-state index is 12.0. The van der Waals surface area contributed by atoms with E-state index in [1.54, 1.807) is 6.33 Å². The molecule has 8 nitrogen and oxygen atoms in total. The first-order valence-corrected chi connectivity index (χ1v) is 6.10. The minimum atomic E-state index is -0.238. The summed E-state index contributed by atoms with van der Waals surface area (Å²) >= 11 is 0. The molecule has 19 heavy (non-hydrogen) atoms. The van der Waals surface area contributed by atoms with Gasteiger partial charge in [-0.3, -0.25) is 10.1 Å². The van der Waals surface area contributed by atoms with Crippen LogP contribution in [-0.4, -0.2) is 38.6 Å². The van der Waals surface area contributed by atoms with Crippen molar-refractivity contribution in [3.63, 3.8) is 0 Å². The maximum Gasteiger partial charge on any atom is 0.237 e. The Balaban J connectivity index is 1.49. The van der Waals surface area contributed by atoms with Gasteiger partial charge in [-0.05, 0) is 0 Å². The van der Waals surface area contributed by atoms with E-state index >= 15 is 0 Å².